The Bertz CT molecular complexity index is 1040. The minimum atomic E-state index is 0.436. The summed E-state index contributed by atoms with van der Waals surface area (Å²) in [5.74, 6) is 3.54. The van der Waals surface area contributed by atoms with Crippen LogP contribution >= 0.6 is 0 Å². The van der Waals surface area contributed by atoms with Crippen molar-refractivity contribution in [2.75, 3.05) is 19.5 Å². The van der Waals surface area contributed by atoms with E-state index in [9.17, 15) is 0 Å². The first-order valence-corrected chi connectivity index (χ1v) is 9.41. The summed E-state index contributed by atoms with van der Waals surface area (Å²) in [4.78, 5) is 15.7. The van der Waals surface area contributed by atoms with Gasteiger partial charge in [-0.15, -0.1) is 6.42 Å². The molecule has 1 saturated carbocycles. The average Bonchev–Trinajstić information content (AvgIpc) is 2.65. The van der Waals surface area contributed by atoms with Crippen LogP contribution in [0.3, 0.4) is 0 Å². The van der Waals surface area contributed by atoms with Crippen LogP contribution in [-0.2, 0) is 6.54 Å². The van der Waals surface area contributed by atoms with E-state index in [1.165, 1.54) is 24.8 Å². The molecule has 1 aliphatic carbocycles. The van der Waals surface area contributed by atoms with E-state index in [2.05, 4.69) is 50.3 Å². The number of pyridine rings is 1. The normalized spacial score (nSPS) is 13.9. The summed E-state index contributed by atoms with van der Waals surface area (Å²) >= 11 is 0. The van der Waals surface area contributed by atoms with Crippen LogP contribution in [0.15, 0.2) is 36.5 Å². The SMILES string of the molecule is C#Cc1cc(OC)nc2nc(Nc3cccc(CN(C)C4CCC4)c3)ncc12. The van der Waals surface area contributed by atoms with Crippen molar-refractivity contribution in [3.63, 3.8) is 0 Å². The van der Waals surface area contributed by atoms with Crippen molar-refractivity contribution in [1.82, 2.24) is 19.9 Å². The van der Waals surface area contributed by atoms with E-state index in [4.69, 9.17) is 11.2 Å². The third kappa shape index (κ3) is 3.75. The van der Waals surface area contributed by atoms with E-state index < -0.39 is 0 Å². The second-order valence-electron chi connectivity index (χ2n) is 7.11. The van der Waals surface area contributed by atoms with Gasteiger partial charge in [0.15, 0.2) is 5.65 Å². The van der Waals surface area contributed by atoms with Gasteiger partial charge in [0, 0.05) is 36.1 Å². The summed E-state index contributed by atoms with van der Waals surface area (Å²) in [7, 11) is 3.75. The Balaban J connectivity index is 1.56. The van der Waals surface area contributed by atoms with Crippen LogP contribution in [0.1, 0.15) is 30.4 Å². The highest BCUT2D eigenvalue weighted by Gasteiger charge is 2.21. The molecular weight excluding hydrogens is 350 g/mol. The number of benzene rings is 1. The van der Waals surface area contributed by atoms with Gasteiger partial charge in [0.25, 0.3) is 0 Å². The van der Waals surface area contributed by atoms with Gasteiger partial charge in [-0.25, -0.2) is 4.98 Å². The number of nitrogens with one attached hydrogen (secondary N) is 1. The van der Waals surface area contributed by atoms with Crippen molar-refractivity contribution in [2.24, 2.45) is 0 Å². The third-order valence-corrected chi connectivity index (χ3v) is 5.22. The molecule has 1 aromatic carbocycles. The maximum absolute atomic E-state index is 5.58. The summed E-state index contributed by atoms with van der Waals surface area (Å²) in [5.41, 5.74) is 3.37. The van der Waals surface area contributed by atoms with E-state index in [-0.39, 0.29) is 0 Å². The Kier molecular flexibility index (Phi) is 5.09. The van der Waals surface area contributed by atoms with Gasteiger partial charge in [-0.2, -0.15) is 9.97 Å². The molecule has 0 unspecified atom stereocenters. The highest BCUT2D eigenvalue weighted by Crippen LogP contribution is 2.26. The Labute approximate surface area is 165 Å². The van der Waals surface area contributed by atoms with Crippen LogP contribution in [0.4, 0.5) is 11.6 Å². The minimum absolute atomic E-state index is 0.436. The van der Waals surface area contributed by atoms with Crippen LogP contribution in [0.25, 0.3) is 11.0 Å². The first kappa shape index (κ1) is 18.2. The van der Waals surface area contributed by atoms with Crippen molar-refractivity contribution >= 4 is 22.7 Å². The van der Waals surface area contributed by atoms with Crippen molar-refractivity contribution in [3.05, 3.63) is 47.7 Å². The number of rotatable bonds is 6. The zero-order chi connectivity index (χ0) is 19.5. The highest BCUT2D eigenvalue weighted by molar-refractivity contribution is 5.83. The second kappa shape index (κ2) is 7.83. The van der Waals surface area contributed by atoms with Gasteiger partial charge < -0.3 is 10.1 Å². The molecule has 0 spiro atoms. The average molecular weight is 373 g/mol. The van der Waals surface area contributed by atoms with Crippen LogP contribution in [0.5, 0.6) is 5.88 Å². The third-order valence-electron chi connectivity index (χ3n) is 5.22. The van der Waals surface area contributed by atoms with Crippen molar-refractivity contribution < 1.29 is 4.74 Å². The van der Waals surface area contributed by atoms with Gasteiger partial charge in [0.2, 0.25) is 11.8 Å². The van der Waals surface area contributed by atoms with Gasteiger partial charge in [0.1, 0.15) is 0 Å². The monoisotopic (exact) mass is 373 g/mol. The van der Waals surface area contributed by atoms with E-state index in [1.54, 1.807) is 19.4 Å². The lowest BCUT2D eigenvalue weighted by Gasteiger charge is -2.34. The van der Waals surface area contributed by atoms with Crippen LogP contribution in [0.2, 0.25) is 0 Å². The minimum Gasteiger partial charge on any atom is -0.481 e. The van der Waals surface area contributed by atoms with Gasteiger partial charge >= 0.3 is 0 Å². The number of ether oxygens (including phenoxy) is 1. The van der Waals surface area contributed by atoms with Crippen molar-refractivity contribution in [3.8, 4) is 18.2 Å². The molecule has 2 aromatic heterocycles. The second-order valence-corrected chi connectivity index (χ2v) is 7.11. The summed E-state index contributed by atoms with van der Waals surface area (Å²) in [5, 5.41) is 4.00. The van der Waals surface area contributed by atoms with E-state index in [0.29, 0.717) is 29.1 Å². The molecule has 28 heavy (non-hydrogen) atoms. The molecule has 2 heterocycles. The zero-order valence-electron chi connectivity index (χ0n) is 16.1. The van der Waals surface area contributed by atoms with Gasteiger partial charge in [-0.05, 0) is 37.6 Å². The Hall–Kier alpha value is -3.17. The van der Waals surface area contributed by atoms with Gasteiger partial charge in [0.05, 0.1) is 12.5 Å². The van der Waals surface area contributed by atoms with Crippen LogP contribution < -0.4 is 10.1 Å². The van der Waals surface area contributed by atoms with Gasteiger partial charge in [-0.1, -0.05) is 24.5 Å². The number of methoxy groups -OCH3 is 1. The molecule has 3 aromatic rings. The number of terminal acetylenes is 1. The first-order chi connectivity index (χ1) is 13.7. The Morgan fingerprint density at radius 3 is 2.86 bits per heavy atom. The number of nitrogens with zero attached hydrogens (tertiary/aromatic N) is 4. The fourth-order valence-electron chi connectivity index (χ4n) is 3.39. The molecule has 0 aliphatic heterocycles. The Morgan fingerprint density at radius 2 is 2.14 bits per heavy atom. The molecule has 1 fully saturated rings. The highest BCUT2D eigenvalue weighted by atomic mass is 16.5. The lowest BCUT2D eigenvalue weighted by Crippen LogP contribution is -2.36. The number of aromatic nitrogens is 3. The van der Waals surface area contributed by atoms with Crippen molar-refractivity contribution in [1.29, 1.82) is 0 Å². The molecule has 6 heteroatoms. The largest absolute Gasteiger partial charge is 0.481 e. The predicted octanol–water partition coefficient (Wildman–Crippen LogP) is 3.74. The first-order valence-electron chi connectivity index (χ1n) is 9.41. The summed E-state index contributed by atoms with van der Waals surface area (Å²) < 4.78 is 5.22. The molecule has 1 aliphatic rings. The number of fused-ring (bicyclic) bond motifs is 1. The molecule has 1 N–H and O–H groups in total. The molecule has 0 bridgehead atoms. The molecular formula is C22H23N5O. The molecule has 0 radical (unpaired) electrons. The molecule has 142 valence electrons. The maximum Gasteiger partial charge on any atom is 0.229 e. The topological polar surface area (TPSA) is 63.2 Å². The Morgan fingerprint density at radius 1 is 1.29 bits per heavy atom. The lowest BCUT2D eigenvalue weighted by atomic mass is 9.91. The molecule has 0 saturated heterocycles. The smallest absolute Gasteiger partial charge is 0.229 e. The number of hydrogen-bond acceptors (Lipinski definition) is 6. The predicted molar refractivity (Wildman–Crippen MR) is 111 cm³/mol. The zero-order valence-corrected chi connectivity index (χ0v) is 16.1. The molecule has 6 nitrogen and oxygen atoms in total. The summed E-state index contributed by atoms with van der Waals surface area (Å²) in [6.07, 6.45) is 11.2. The van der Waals surface area contributed by atoms with Crippen molar-refractivity contribution in [2.45, 2.75) is 31.8 Å². The van der Waals surface area contributed by atoms with Gasteiger partial charge in [-0.3, -0.25) is 4.90 Å². The van der Waals surface area contributed by atoms with E-state index in [1.807, 2.05) is 12.1 Å². The maximum atomic E-state index is 5.58. The molecule has 0 amide bonds. The molecule has 4 rings (SSSR count). The lowest BCUT2D eigenvalue weighted by molar-refractivity contribution is 0.152. The number of anilines is 2. The molecule has 0 atom stereocenters. The van der Waals surface area contributed by atoms with Crippen LogP contribution in [-0.4, -0.2) is 40.1 Å². The van der Waals surface area contributed by atoms with E-state index in [0.717, 1.165) is 17.6 Å². The standard InChI is InChI=1S/C22H23N5O/c1-4-16-12-20(28-3)25-21-19(16)13-23-22(26-21)24-17-8-5-7-15(11-17)14-27(2)18-9-6-10-18/h1,5,7-8,11-13,18H,6,9-10,14H2,2-3H3,(H,23,24,25,26). The van der Waals surface area contributed by atoms with Crippen LogP contribution in [0, 0.1) is 12.3 Å². The fourth-order valence-corrected chi connectivity index (χ4v) is 3.39. The van der Waals surface area contributed by atoms with E-state index >= 15 is 0 Å². The fraction of sp³-hybridized carbons (Fsp3) is 0.318. The summed E-state index contributed by atoms with van der Waals surface area (Å²) in [6.45, 7) is 0.934. The number of hydrogen-bond donors (Lipinski definition) is 1. The summed E-state index contributed by atoms with van der Waals surface area (Å²) in [6, 6.07) is 10.8. The quantitative estimate of drug-likeness (QED) is 0.664.